The number of hydrogen-bond acceptors (Lipinski definition) is 5. The standard InChI is InChI=1S/C11H23N3O2S/c1-12-10(3-8-17(2,15)16)11-9-13-4-6-14(11)7-5-13/h10-12H,3-9H2,1-2H3. The third-order valence-corrected chi connectivity index (χ3v) is 4.93. The van der Waals surface area contributed by atoms with E-state index in [9.17, 15) is 8.42 Å². The van der Waals surface area contributed by atoms with Gasteiger partial charge in [0.1, 0.15) is 9.84 Å². The molecule has 0 aliphatic carbocycles. The number of rotatable bonds is 5. The van der Waals surface area contributed by atoms with Crippen molar-refractivity contribution in [1.29, 1.82) is 0 Å². The molecule has 0 aromatic rings. The zero-order valence-corrected chi connectivity index (χ0v) is 11.5. The molecule has 3 fully saturated rings. The Bertz CT molecular complexity index is 350. The van der Waals surface area contributed by atoms with E-state index in [1.165, 1.54) is 19.3 Å². The van der Waals surface area contributed by atoms with Crippen molar-refractivity contribution in [2.24, 2.45) is 0 Å². The van der Waals surface area contributed by atoms with Gasteiger partial charge >= 0.3 is 0 Å². The molecule has 3 aliphatic rings. The smallest absolute Gasteiger partial charge is 0.147 e. The second-order valence-corrected chi connectivity index (χ2v) is 7.48. The van der Waals surface area contributed by atoms with Gasteiger partial charge < -0.3 is 5.32 Å². The summed E-state index contributed by atoms with van der Waals surface area (Å²) in [7, 11) is -0.917. The van der Waals surface area contributed by atoms with Crippen molar-refractivity contribution in [3.63, 3.8) is 0 Å². The fourth-order valence-electron chi connectivity index (χ4n) is 2.91. The van der Waals surface area contributed by atoms with Crippen molar-refractivity contribution in [3.05, 3.63) is 0 Å². The fraction of sp³-hybridized carbons (Fsp3) is 1.00. The van der Waals surface area contributed by atoms with Crippen molar-refractivity contribution >= 4 is 9.84 Å². The molecule has 2 bridgehead atoms. The highest BCUT2D eigenvalue weighted by atomic mass is 32.2. The number of nitrogens with zero attached hydrogens (tertiary/aromatic N) is 2. The maximum atomic E-state index is 11.2. The third kappa shape index (κ3) is 3.40. The highest BCUT2D eigenvalue weighted by Gasteiger charge is 2.36. The van der Waals surface area contributed by atoms with Gasteiger partial charge in [-0.3, -0.25) is 9.80 Å². The normalized spacial score (nSPS) is 34.8. The number of hydrogen-bond donors (Lipinski definition) is 1. The molecule has 2 atom stereocenters. The summed E-state index contributed by atoms with van der Waals surface area (Å²) < 4.78 is 22.5. The van der Waals surface area contributed by atoms with E-state index in [1.54, 1.807) is 0 Å². The molecule has 0 saturated carbocycles. The van der Waals surface area contributed by atoms with E-state index in [4.69, 9.17) is 0 Å². The number of fused-ring (bicyclic) bond motifs is 3. The largest absolute Gasteiger partial charge is 0.315 e. The number of sulfone groups is 1. The predicted molar refractivity (Wildman–Crippen MR) is 69.0 cm³/mol. The van der Waals surface area contributed by atoms with Crippen LogP contribution in [-0.4, -0.2) is 82.1 Å². The van der Waals surface area contributed by atoms with Gasteiger partial charge in [-0.15, -0.1) is 0 Å². The third-order valence-electron chi connectivity index (χ3n) is 3.96. The predicted octanol–water partition coefficient (Wildman–Crippen LogP) is -0.991. The second-order valence-electron chi connectivity index (χ2n) is 5.22. The van der Waals surface area contributed by atoms with Gasteiger partial charge in [0, 0.05) is 51.1 Å². The van der Waals surface area contributed by atoms with Crippen LogP contribution in [-0.2, 0) is 9.84 Å². The average molecular weight is 261 g/mol. The molecule has 3 heterocycles. The molecule has 1 N–H and O–H groups in total. The van der Waals surface area contributed by atoms with Crippen LogP contribution in [0.3, 0.4) is 0 Å². The van der Waals surface area contributed by atoms with E-state index in [1.807, 2.05) is 7.05 Å². The van der Waals surface area contributed by atoms with Crippen LogP contribution in [0.1, 0.15) is 6.42 Å². The molecule has 0 amide bonds. The molecule has 0 radical (unpaired) electrons. The Labute approximate surface area is 104 Å². The molecule has 100 valence electrons. The SMILES string of the molecule is CNC(CCS(C)(=O)=O)C1CN2CCN1CC2. The molecule has 0 aromatic heterocycles. The van der Waals surface area contributed by atoms with Gasteiger partial charge in [0.15, 0.2) is 0 Å². The maximum Gasteiger partial charge on any atom is 0.147 e. The molecule has 5 nitrogen and oxygen atoms in total. The molecule has 3 saturated heterocycles. The number of likely N-dealkylation sites (N-methyl/N-ethyl adjacent to an activating group) is 1. The van der Waals surface area contributed by atoms with E-state index in [2.05, 4.69) is 15.1 Å². The Morgan fingerprint density at radius 3 is 2.35 bits per heavy atom. The summed E-state index contributed by atoms with van der Waals surface area (Å²) in [5, 5.41) is 3.30. The van der Waals surface area contributed by atoms with Crippen LogP contribution in [0.4, 0.5) is 0 Å². The minimum atomic E-state index is -2.85. The summed E-state index contributed by atoms with van der Waals surface area (Å²) >= 11 is 0. The quantitative estimate of drug-likeness (QED) is 0.689. The van der Waals surface area contributed by atoms with E-state index in [-0.39, 0.29) is 11.8 Å². The van der Waals surface area contributed by atoms with Crippen molar-refractivity contribution in [1.82, 2.24) is 15.1 Å². The number of nitrogens with one attached hydrogen (secondary N) is 1. The summed E-state index contributed by atoms with van der Waals surface area (Å²) in [6, 6.07) is 0.761. The van der Waals surface area contributed by atoms with Gasteiger partial charge in [-0.1, -0.05) is 0 Å². The lowest BCUT2D eigenvalue weighted by atomic mass is 9.98. The summed E-state index contributed by atoms with van der Waals surface area (Å²) in [5.74, 6) is 0.281. The average Bonchev–Trinajstić information content (AvgIpc) is 2.30. The minimum Gasteiger partial charge on any atom is -0.315 e. The first-order chi connectivity index (χ1) is 7.99. The van der Waals surface area contributed by atoms with Crippen LogP contribution in [0.2, 0.25) is 0 Å². The number of piperazine rings is 3. The van der Waals surface area contributed by atoms with Gasteiger partial charge in [0.25, 0.3) is 0 Å². The second kappa shape index (κ2) is 5.22. The molecule has 3 aliphatic heterocycles. The van der Waals surface area contributed by atoms with Gasteiger partial charge in [-0.2, -0.15) is 0 Å². The van der Waals surface area contributed by atoms with Crippen molar-refractivity contribution in [2.75, 3.05) is 51.8 Å². The van der Waals surface area contributed by atoms with Gasteiger partial charge in [-0.05, 0) is 13.5 Å². The summed E-state index contributed by atoms with van der Waals surface area (Å²) in [6.45, 7) is 5.66. The van der Waals surface area contributed by atoms with Gasteiger partial charge in [-0.25, -0.2) is 8.42 Å². The molecule has 0 spiro atoms. The van der Waals surface area contributed by atoms with Crippen molar-refractivity contribution in [3.8, 4) is 0 Å². The van der Waals surface area contributed by atoms with E-state index >= 15 is 0 Å². The topological polar surface area (TPSA) is 52.7 Å². The first kappa shape index (κ1) is 13.3. The van der Waals surface area contributed by atoms with Crippen LogP contribution in [0.5, 0.6) is 0 Å². The highest BCUT2D eigenvalue weighted by molar-refractivity contribution is 7.90. The zero-order chi connectivity index (χ0) is 12.5. The van der Waals surface area contributed by atoms with Gasteiger partial charge in [0.2, 0.25) is 0 Å². The maximum absolute atomic E-state index is 11.2. The van der Waals surface area contributed by atoms with Crippen molar-refractivity contribution < 1.29 is 8.42 Å². The van der Waals surface area contributed by atoms with E-state index in [0.29, 0.717) is 12.5 Å². The highest BCUT2D eigenvalue weighted by Crippen LogP contribution is 2.19. The lowest BCUT2D eigenvalue weighted by molar-refractivity contribution is -0.00249. The lowest BCUT2D eigenvalue weighted by Gasteiger charge is -2.50. The Hall–Kier alpha value is -0.170. The first-order valence-electron chi connectivity index (χ1n) is 6.31. The molecule has 0 aromatic carbocycles. The van der Waals surface area contributed by atoms with Crippen LogP contribution >= 0.6 is 0 Å². The Balaban J connectivity index is 1.94. The van der Waals surface area contributed by atoms with Crippen LogP contribution in [0, 0.1) is 0 Å². The molecule has 17 heavy (non-hydrogen) atoms. The summed E-state index contributed by atoms with van der Waals surface area (Å²) in [4.78, 5) is 4.99. The minimum absolute atomic E-state index is 0.281. The van der Waals surface area contributed by atoms with E-state index in [0.717, 1.165) is 19.6 Å². The summed E-state index contributed by atoms with van der Waals surface area (Å²) in [6.07, 6.45) is 2.03. The summed E-state index contributed by atoms with van der Waals surface area (Å²) in [5.41, 5.74) is 0. The Morgan fingerprint density at radius 2 is 1.94 bits per heavy atom. The molecular formula is C11H23N3O2S. The lowest BCUT2D eigenvalue weighted by Crippen LogP contribution is -2.66. The molecule has 6 heteroatoms. The zero-order valence-electron chi connectivity index (χ0n) is 10.7. The van der Waals surface area contributed by atoms with E-state index < -0.39 is 9.84 Å². The monoisotopic (exact) mass is 261 g/mol. The molecular weight excluding hydrogens is 238 g/mol. The Kier molecular flexibility index (Phi) is 4.07. The van der Waals surface area contributed by atoms with Crippen LogP contribution < -0.4 is 5.32 Å². The van der Waals surface area contributed by atoms with Crippen molar-refractivity contribution in [2.45, 2.75) is 18.5 Å². The molecule has 3 rings (SSSR count). The van der Waals surface area contributed by atoms with Crippen LogP contribution in [0.25, 0.3) is 0 Å². The first-order valence-corrected chi connectivity index (χ1v) is 8.37. The Morgan fingerprint density at radius 1 is 1.29 bits per heavy atom. The van der Waals surface area contributed by atoms with Gasteiger partial charge in [0.05, 0.1) is 5.75 Å². The molecule has 2 unspecified atom stereocenters. The van der Waals surface area contributed by atoms with Crippen LogP contribution in [0.15, 0.2) is 0 Å². The fourth-order valence-corrected chi connectivity index (χ4v) is 3.59.